The van der Waals surface area contributed by atoms with Gasteiger partial charge in [0, 0.05) is 37.0 Å². The summed E-state index contributed by atoms with van der Waals surface area (Å²) in [6.07, 6.45) is 6.41. The van der Waals surface area contributed by atoms with Gasteiger partial charge in [-0.15, -0.1) is 0 Å². The van der Waals surface area contributed by atoms with Crippen molar-refractivity contribution in [3.8, 4) is 28.6 Å². The van der Waals surface area contributed by atoms with E-state index in [0.29, 0.717) is 40.6 Å². The maximum absolute atomic E-state index is 13.8. The van der Waals surface area contributed by atoms with Gasteiger partial charge in [0.05, 0.1) is 7.11 Å². The molecule has 0 spiro atoms. The van der Waals surface area contributed by atoms with E-state index in [1.165, 1.54) is 51.4 Å². The standard InChI is InChI=1S/C40H44N2O5/c1-41(22-12-13-25-42-23-10-5-11-24-42)33-20-18-32(19-21-33)35-26-34(43)38-36(45-28-30-14-6-3-7-15-30)27-37(39(44-2)40(38)47-35)46-29-31-16-8-4-9-17-31/h3-4,6-9,14-21,26-27H,5,10-13,22-25,28-29H2,1-2H3. The van der Waals surface area contributed by atoms with E-state index < -0.39 is 0 Å². The van der Waals surface area contributed by atoms with Crippen molar-refractivity contribution >= 4 is 16.7 Å². The van der Waals surface area contributed by atoms with Gasteiger partial charge in [0.2, 0.25) is 5.75 Å². The molecule has 1 aliphatic heterocycles. The minimum Gasteiger partial charge on any atom is -0.490 e. The van der Waals surface area contributed by atoms with Crippen LogP contribution in [0.2, 0.25) is 0 Å². The summed E-state index contributed by atoms with van der Waals surface area (Å²) in [5.74, 6) is 1.61. The van der Waals surface area contributed by atoms with Crippen molar-refractivity contribution in [2.24, 2.45) is 0 Å². The van der Waals surface area contributed by atoms with E-state index in [9.17, 15) is 4.79 Å². The highest BCUT2D eigenvalue weighted by Crippen LogP contribution is 2.42. The molecule has 244 valence electrons. The minimum absolute atomic E-state index is 0.216. The second-order valence-corrected chi connectivity index (χ2v) is 12.2. The lowest BCUT2D eigenvalue weighted by atomic mass is 10.1. The van der Waals surface area contributed by atoms with E-state index >= 15 is 0 Å². The summed E-state index contributed by atoms with van der Waals surface area (Å²) < 4.78 is 24.8. The van der Waals surface area contributed by atoms with Crippen molar-refractivity contribution in [3.63, 3.8) is 0 Å². The Labute approximate surface area is 277 Å². The maximum Gasteiger partial charge on any atom is 0.205 e. The summed E-state index contributed by atoms with van der Waals surface area (Å²) >= 11 is 0. The molecule has 47 heavy (non-hydrogen) atoms. The van der Waals surface area contributed by atoms with Gasteiger partial charge in [-0.25, -0.2) is 0 Å². The molecule has 4 aromatic carbocycles. The van der Waals surface area contributed by atoms with Crippen LogP contribution in [-0.4, -0.2) is 45.2 Å². The Kier molecular flexibility index (Phi) is 10.8. The van der Waals surface area contributed by atoms with Gasteiger partial charge in [-0.2, -0.15) is 0 Å². The lowest BCUT2D eigenvalue weighted by Crippen LogP contribution is -2.31. The summed E-state index contributed by atoms with van der Waals surface area (Å²) in [5.41, 5.74) is 3.99. The summed E-state index contributed by atoms with van der Waals surface area (Å²) in [4.78, 5) is 18.6. The molecule has 2 heterocycles. The first-order chi connectivity index (χ1) is 23.1. The number of nitrogens with zero attached hydrogens (tertiary/aromatic N) is 2. The number of hydrogen-bond acceptors (Lipinski definition) is 7. The Morgan fingerprint density at radius 3 is 2.04 bits per heavy atom. The molecule has 5 aromatic rings. The van der Waals surface area contributed by atoms with E-state index in [1.54, 1.807) is 13.2 Å². The van der Waals surface area contributed by atoms with Gasteiger partial charge in [0.15, 0.2) is 16.8 Å². The number of piperidine rings is 1. The Morgan fingerprint density at radius 1 is 0.766 bits per heavy atom. The van der Waals surface area contributed by atoms with Gasteiger partial charge in [-0.05, 0) is 80.7 Å². The second-order valence-electron chi connectivity index (χ2n) is 12.2. The van der Waals surface area contributed by atoms with Gasteiger partial charge in [0.1, 0.15) is 30.1 Å². The number of benzene rings is 4. The fourth-order valence-electron chi connectivity index (χ4n) is 6.16. The Bertz CT molecular complexity index is 1780. The van der Waals surface area contributed by atoms with Crippen LogP contribution in [0.5, 0.6) is 17.2 Å². The fourth-order valence-corrected chi connectivity index (χ4v) is 6.16. The van der Waals surface area contributed by atoms with Crippen LogP contribution in [0, 0.1) is 0 Å². The fraction of sp³-hybridized carbons (Fsp3) is 0.325. The van der Waals surface area contributed by atoms with Crippen LogP contribution in [-0.2, 0) is 13.2 Å². The smallest absolute Gasteiger partial charge is 0.205 e. The zero-order valence-electron chi connectivity index (χ0n) is 27.5. The van der Waals surface area contributed by atoms with E-state index in [4.69, 9.17) is 18.6 Å². The highest BCUT2D eigenvalue weighted by atomic mass is 16.5. The molecule has 0 unspecified atom stereocenters. The molecule has 0 saturated carbocycles. The number of likely N-dealkylation sites (tertiary alicyclic amines) is 1. The van der Waals surface area contributed by atoms with E-state index in [1.807, 2.05) is 72.8 Å². The van der Waals surface area contributed by atoms with Crippen molar-refractivity contribution in [3.05, 3.63) is 118 Å². The molecular formula is C40H44N2O5. The number of unbranched alkanes of at least 4 members (excludes halogenated alkanes) is 1. The Morgan fingerprint density at radius 2 is 1.40 bits per heavy atom. The maximum atomic E-state index is 13.8. The zero-order valence-corrected chi connectivity index (χ0v) is 27.5. The van der Waals surface area contributed by atoms with Crippen molar-refractivity contribution in [2.75, 3.05) is 45.2 Å². The molecule has 1 aliphatic rings. The number of anilines is 1. The number of ether oxygens (including phenoxy) is 3. The van der Waals surface area contributed by atoms with Crippen LogP contribution < -0.4 is 24.5 Å². The normalized spacial score (nSPS) is 13.4. The average molecular weight is 633 g/mol. The van der Waals surface area contributed by atoms with Crippen LogP contribution in [0.3, 0.4) is 0 Å². The molecule has 6 rings (SSSR count). The van der Waals surface area contributed by atoms with Crippen LogP contribution >= 0.6 is 0 Å². The van der Waals surface area contributed by atoms with Crippen LogP contribution in [0.15, 0.2) is 106 Å². The molecule has 0 N–H and O–H groups in total. The van der Waals surface area contributed by atoms with Gasteiger partial charge < -0.3 is 28.4 Å². The van der Waals surface area contributed by atoms with E-state index in [-0.39, 0.29) is 12.0 Å². The van der Waals surface area contributed by atoms with Gasteiger partial charge >= 0.3 is 0 Å². The molecule has 0 amide bonds. The lowest BCUT2D eigenvalue weighted by molar-refractivity contribution is 0.225. The topological polar surface area (TPSA) is 64.4 Å². The highest BCUT2D eigenvalue weighted by Gasteiger charge is 2.22. The minimum atomic E-state index is -0.216. The van der Waals surface area contributed by atoms with Crippen molar-refractivity contribution < 1.29 is 18.6 Å². The number of hydrogen-bond donors (Lipinski definition) is 0. The number of fused-ring (bicyclic) bond motifs is 1. The summed E-state index contributed by atoms with van der Waals surface area (Å²) in [7, 11) is 3.68. The lowest BCUT2D eigenvalue weighted by Gasteiger charge is -2.27. The summed E-state index contributed by atoms with van der Waals surface area (Å²) in [6.45, 7) is 5.28. The number of rotatable bonds is 14. The third-order valence-electron chi connectivity index (χ3n) is 8.82. The zero-order chi connectivity index (χ0) is 32.4. The molecule has 0 atom stereocenters. The predicted molar refractivity (Wildman–Crippen MR) is 189 cm³/mol. The van der Waals surface area contributed by atoms with E-state index in [2.05, 4.69) is 29.0 Å². The van der Waals surface area contributed by atoms with Gasteiger partial charge in [-0.1, -0.05) is 67.1 Å². The van der Waals surface area contributed by atoms with Crippen molar-refractivity contribution in [1.29, 1.82) is 0 Å². The van der Waals surface area contributed by atoms with Crippen LogP contribution in [0.4, 0.5) is 5.69 Å². The predicted octanol–water partition coefficient (Wildman–Crippen LogP) is 8.33. The molecule has 1 aromatic heterocycles. The first kappa shape index (κ1) is 32.2. The number of methoxy groups -OCH3 is 1. The summed E-state index contributed by atoms with van der Waals surface area (Å²) in [6, 6.07) is 31.1. The molecule has 0 bridgehead atoms. The Hall–Kier alpha value is -4.75. The molecule has 0 aliphatic carbocycles. The molecule has 7 heteroatoms. The Balaban J connectivity index is 1.25. The monoisotopic (exact) mass is 632 g/mol. The average Bonchev–Trinajstić information content (AvgIpc) is 3.12. The molecular weight excluding hydrogens is 588 g/mol. The van der Waals surface area contributed by atoms with Crippen LogP contribution in [0.25, 0.3) is 22.3 Å². The largest absolute Gasteiger partial charge is 0.490 e. The first-order valence-electron chi connectivity index (χ1n) is 16.7. The molecule has 1 saturated heterocycles. The van der Waals surface area contributed by atoms with Crippen molar-refractivity contribution in [2.45, 2.75) is 45.3 Å². The third-order valence-corrected chi connectivity index (χ3v) is 8.82. The summed E-state index contributed by atoms with van der Waals surface area (Å²) in [5, 5.41) is 0.314. The first-order valence-corrected chi connectivity index (χ1v) is 16.7. The molecule has 1 fully saturated rings. The van der Waals surface area contributed by atoms with Gasteiger partial charge in [0.25, 0.3) is 0 Å². The third kappa shape index (κ3) is 8.16. The molecule has 7 nitrogen and oxygen atoms in total. The quantitative estimate of drug-likeness (QED) is 0.114. The van der Waals surface area contributed by atoms with Crippen molar-refractivity contribution in [1.82, 2.24) is 4.90 Å². The second kappa shape index (κ2) is 15.7. The molecule has 0 radical (unpaired) electrons. The van der Waals surface area contributed by atoms with E-state index in [0.717, 1.165) is 35.3 Å². The van der Waals surface area contributed by atoms with Gasteiger partial charge in [-0.3, -0.25) is 4.79 Å². The highest BCUT2D eigenvalue weighted by molar-refractivity contribution is 5.92. The van der Waals surface area contributed by atoms with Crippen LogP contribution in [0.1, 0.15) is 43.2 Å². The SMILES string of the molecule is COc1c(OCc2ccccc2)cc(OCc2ccccc2)c2c(=O)cc(-c3ccc(N(C)CCCCN4CCCCC4)cc3)oc12.